The highest BCUT2D eigenvalue weighted by molar-refractivity contribution is 7.99. The smallest absolute Gasteiger partial charge is 0.340 e. The van der Waals surface area contributed by atoms with Gasteiger partial charge >= 0.3 is 5.97 Å². The Morgan fingerprint density at radius 1 is 1.39 bits per heavy atom. The molecule has 4 heteroatoms. The van der Waals surface area contributed by atoms with Gasteiger partial charge in [0.2, 0.25) is 0 Å². The number of benzene rings is 1. The molecule has 0 saturated carbocycles. The summed E-state index contributed by atoms with van der Waals surface area (Å²) in [5.74, 6) is 0.186. The van der Waals surface area contributed by atoms with Crippen LogP contribution in [0.5, 0.6) is 0 Å². The Kier molecular flexibility index (Phi) is 5.66. The summed E-state index contributed by atoms with van der Waals surface area (Å²) in [5, 5.41) is 0.522. The molecule has 0 aliphatic heterocycles. The minimum atomic E-state index is -0.637. The number of hydrogen-bond acceptors (Lipinski definition) is 3. The molecule has 0 amide bonds. The molecule has 0 aliphatic carbocycles. The Balaban J connectivity index is 2.70. The third-order valence-corrected chi connectivity index (χ3v) is 4.46. The Hall–Kier alpha value is -1.03. The molecule has 0 fully saturated rings. The van der Waals surface area contributed by atoms with Gasteiger partial charge in [-0.2, -0.15) is 11.8 Å². The maximum atomic E-state index is 13.7. The van der Waals surface area contributed by atoms with Crippen molar-refractivity contribution in [1.82, 2.24) is 0 Å². The lowest BCUT2D eigenvalue weighted by molar-refractivity contribution is 0.0595. The molecule has 100 valence electrons. The number of halogens is 1. The van der Waals surface area contributed by atoms with Crippen LogP contribution < -0.4 is 0 Å². The van der Waals surface area contributed by atoms with Gasteiger partial charge in [0.25, 0.3) is 0 Å². The fourth-order valence-electron chi connectivity index (χ4n) is 1.34. The van der Waals surface area contributed by atoms with E-state index in [1.54, 1.807) is 17.8 Å². The Bertz CT molecular complexity index is 418. The predicted octanol–water partition coefficient (Wildman–Crippen LogP) is 3.89. The number of carbonyl (C=O) groups is 1. The van der Waals surface area contributed by atoms with Gasteiger partial charge in [-0.1, -0.05) is 26.8 Å². The van der Waals surface area contributed by atoms with Crippen LogP contribution in [0.3, 0.4) is 0 Å². The normalized spacial score (nSPS) is 12.6. The quantitative estimate of drug-likeness (QED) is 0.759. The van der Waals surface area contributed by atoms with E-state index >= 15 is 0 Å². The second kappa shape index (κ2) is 6.78. The molecule has 1 atom stereocenters. The highest BCUT2D eigenvalue weighted by Crippen LogP contribution is 2.24. The van der Waals surface area contributed by atoms with Crippen LogP contribution in [-0.4, -0.2) is 18.3 Å². The fourth-order valence-corrected chi connectivity index (χ4v) is 2.36. The van der Waals surface area contributed by atoms with Crippen LogP contribution in [0.2, 0.25) is 0 Å². The summed E-state index contributed by atoms with van der Waals surface area (Å²) in [5.41, 5.74) is 0.876. The highest BCUT2D eigenvalue weighted by atomic mass is 32.2. The number of ether oxygens (including phenoxy) is 1. The topological polar surface area (TPSA) is 26.3 Å². The van der Waals surface area contributed by atoms with Gasteiger partial charge in [-0.25, -0.2) is 9.18 Å². The molecule has 0 aliphatic rings. The van der Waals surface area contributed by atoms with E-state index < -0.39 is 11.8 Å². The van der Waals surface area contributed by atoms with Crippen molar-refractivity contribution in [3.8, 4) is 0 Å². The molecule has 0 heterocycles. The summed E-state index contributed by atoms with van der Waals surface area (Å²) < 4.78 is 18.2. The number of methoxy groups -OCH3 is 1. The number of rotatable bonds is 5. The molecule has 0 N–H and O–H groups in total. The summed E-state index contributed by atoms with van der Waals surface area (Å²) >= 11 is 1.78. The van der Waals surface area contributed by atoms with Crippen molar-refractivity contribution in [2.75, 3.05) is 7.11 Å². The molecule has 0 aromatic heterocycles. The van der Waals surface area contributed by atoms with E-state index in [1.807, 2.05) is 0 Å². The van der Waals surface area contributed by atoms with Gasteiger partial charge in [0.15, 0.2) is 0 Å². The third-order valence-electron chi connectivity index (χ3n) is 2.89. The summed E-state index contributed by atoms with van der Waals surface area (Å²) in [6.07, 6.45) is 0. The maximum absolute atomic E-state index is 13.7. The highest BCUT2D eigenvalue weighted by Gasteiger charge is 2.13. The van der Waals surface area contributed by atoms with Crippen molar-refractivity contribution in [2.45, 2.75) is 31.8 Å². The summed E-state index contributed by atoms with van der Waals surface area (Å²) in [7, 11) is 1.25. The van der Waals surface area contributed by atoms with Gasteiger partial charge in [-0.05, 0) is 23.6 Å². The van der Waals surface area contributed by atoms with E-state index in [4.69, 9.17) is 0 Å². The van der Waals surface area contributed by atoms with Crippen LogP contribution in [0.25, 0.3) is 0 Å². The van der Waals surface area contributed by atoms with Crippen LogP contribution in [0, 0.1) is 11.7 Å². The molecular formula is C14H19FO2S. The first kappa shape index (κ1) is 15.0. The molecule has 0 saturated heterocycles. The van der Waals surface area contributed by atoms with E-state index in [0.717, 1.165) is 11.3 Å². The second-order valence-corrected chi connectivity index (χ2v) is 5.93. The molecule has 0 radical (unpaired) electrons. The maximum Gasteiger partial charge on any atom is 0.340 e. The lowest BCUT2D eigenvalue weighted by atomic mass is 10.1. The van der Waals surface area contributed by atoms with E-state index in [-0.39, 0.29) is 5.56 Å². The van der Waals surface area contributed by atoms with Gasteiger partial charge < -0.3 is 4.74 Å². The lowest BCUT2D eigenvalue weighted by Crippen LogP contribution is -2.07. The zero-order valence-electron chi connectivity index (χ0n) is 11.2. The molecule has 0 spiro atoms. The Labute approximate surface area is 112 Å². The van der Waals surface area contributed by atoms with E-state index in [0.29, 0.717) is 11.2 Å². The van der Waals surface area contributed by atoms with Crippen LogP contribution in [0.4, 0.5) is 4.39 Å². The predicted molar refractivity (Wildman–Crippen MR) is 73.3 cm³/mol. The second-order valence-electron chi connectivity index (χ2n) is 4.57. The summed E-state index contributed by atoms with van der Waals surface area (Å²) in [6, 6.07) is 4.67. The molecular weight excluding hydrogens is 251 g/mol. The van der Waals surface area contributed by atoms with Crippen molar-refractivity contribution in [3.05, 3.63) is 35.1 Å². The van der Waals surface area contributed by atoms with E-state index in [9.17, 15) is 9.18 Å². The Morgan fingerprint density at radius 3 is 2.56 bits per heavy atom. The zero-order valence-corrected chi connectivity index (χ0v) is 12.0. The average molecular weight is 270 g/mol. The molecule has 18 heavy (non-hydrogen) atoms. The van der Waals surface area contributed by atoms with Crippen molar-refractivity contribution in [1.29, 1.82) is 0 Å². The largest absolute Gasteiger partial charge is 0.465 e. The van der Waals surface area contributed by atoms with Crippen molar-refractivity contribution in [3.63, 3.8) is 0 Å². The van der Waals surface area contributed by atoms with E-state index in [1.165, 1.54) is 19.2 Å². The number of hydrogen-bond donors (Lipinski definition) is 0. The van der Waals surface area contributed by atoms with Gasteiger partial charge in [0, 0.05) is 11.0 Å². The lowest BCUT2D eigenvalue weighted by Gasteiger charge is -2.14. The zero-order chi connectivity index (χ0) is 13.7. The molecule has 2 nitrogen and oxygen atoms in total. The van der Waals surface area contributed by atoms with Crippen LogP contribution in [-0.2, 0) is 10.5 Å². The molecule has 1 aromatic rings. The summed E-state index contributed by atoms with van der Waals surface area (Å²) in [4.78, 5) is 11.2. The first-order valence-electron chi connectivity index (χ1n) is 5.94. The van der Waals surface area contributed by atoms with Gasteiger partial charge in [0.05, 0.1) is 12.7 Å². The van der Waals surface area contributed by atoms with Gasteiger partial charge in [-0.3, -0.25) is 0 Å². The molecule has 1 unspecified atom stereocenters. The monoisotopic (exact) mass is 270 g/mol. The average Bonchev–Trinajstić information content (AvgIpc) is 2.34. The number of esters is 1. The van der Waals surface area contributed by atoms with E-state index in [2.05, 4.69) is 25.5 Å². The third kappa shape index (κ3) is 4.02. The van der Waals surface area contributed by atoms with Crippen molar-refractivity contribution in [2.24, 2.45) is 5.92 Å². The van der Waals surface area contributed by atoms with Crippen molar-refractivity contribution >= 4 is 17.7 Å². The van der Waals surface area contributed by atoms with Gasteiger partial charge in [-0.15, -0.1) is 0 Å². The molecule has 1 rings (SSSR count). The first-order valence-corrected chi connectivity index (χ1v) is 6.99. The SMILES string of the molecule is COC(=O)c1ccc(CSC(C)C(C)C)cc1F. The fraction of sp³-hybridized carbons (Fsp3) is 0.500. The van der Waals surface area contributed by atoms with Crippen LogP contribution in [0.15, 0.2) is 18.2 Å². The first-order chi connectivity index (χ1) is 8.45. The molecule has 0 bridgehead atoms. The Morgan fingerprint density at radius 2 is 2.06 bits per heavy atom. The molecule has 1 aromatic carbocycles. The minimum absolute atomic E-state index is 0.0110. The standard InChI is InChI=1S/C14H19FO2S/c1-9(2)10(3)18-8-11-5-6-12(13(15)7-11)14(16)17-4/h5-7,9-10H,8H2,1-4H3. The van der Waals surface area contributed by atoms with Crippen molar-refractivity contribution < 1.29 is 13.9 Å². The summed E-state index contributed by atoms with van der Waals surface area (Å²) in [6.45, 7) is 6.49. The van der Waals surface area contributed by atoms with Crippen LogP contribution >= 0.6 is 11.8 Å². The number of carbonyl (C=O) groups excluding carboxylic acids is 1. The minimum Gasteiger partial charge on any atom is -0.465 e. The number of thioether (sulfide) groups is 1. The van der Waals surface area contributed by atoms with Crippen LogP contribution in [0.1, 0.15) is 36.7 Å². The van der Waals surface area contributed by atoms with Gasteiger partial charge in [0.1, 0.15) is 5.82 Å².